The number of aromatic nitrogens is 1. The molecule has 1 N–H and O–H groups in total. The molecule has 1 amide bonds. The number of benzene rings is 2. The first-order chi connectivity index (χ1) is 14.1. The van der Waals surface area contributed by atoms with Gasteiger partial charge in [-0.1, -0.05) is 60.7 Å². The highest BCUT2D eigenvalue weighted by atomic mass is 79.9. The Balaban J connectivity index is 1.34. The molecule has 0 radical (unpaired) electrons. The summed E-state index contributed by atoms with van der Waals surface area (Å²) in [4.78, 5) is 15.7. The van der Waals surface area contributed by atoms with E-state index in [0.29, 0.717) is 10.0 Å². The quantitative estimate of drug-likeness (QED) is 0.517. The number of halogens is 2. The summed E-state index contributed by atoms with van der Waals surface area (Å²) in [5.74, 6) is -0.545. The first-order valence-electron chi connectivity index (χ1n) is 9.20. The van der Waals surface area contributed by atoms with E-state index >= 15 is 0 Å². The average Bonchev–Trinajstić information content (AvgIpc) is 3.06. The Bertz CT molecular complexity index is 1040. The molecule has 6 heteroatoms. The second kappa shape index (κ2) is 8.57. The van der Waals surface area contributed by atoms with Gasteiger partial charge in [-0.3, -0.25) is 0 Å². The van der Waals surface area contributed by atoms with E-state index in [2.05, 4.69) is 50.5 Å². The number of rotatable bonds is 5. The Kier molecular flexibility index (Phi) is 5.71. The van der Waals surface area contributed by atoms with Gasteiger partial charge in [0, 0.05) is 28.7 Å². The Hall–Kier alpha value is -2.99. The number of hydrogen-bond acceptors (Lipinski definition) is 3. The fourth-order valence-corrected chi connectivity index (χ4v) is 3.88. The maximum absolute atomic E-state index is 13.6. The van der Waals surface area contributed by atoms with Crippen molar-refractivity contribution < 1.29 is 13.9 Å². The van der Waals surface area contributed by atoms with Crippen LogP contribution >= 0.6 is 15.9 Å². The van der Waals surface area contributed by atoms with Gasteiger partial charge in [-0.2, -0.15) is 4.39 Å². The third-order valence-corrected chi connectivity index (χ3v) is 5.27. The largest absolute Gasteiger partial charge is 0.449 e. The highest BCUT2D eigenvalue weighted by Crippen LogP contribution is 2.44. The van der Waals surface area contributed by atoms with Crippen molar-refractivity contribution in [3.05, 3.63) is 94.0 Å². The van der Waals surface area contributed by atoms with Gasteiger partial charge >= 0.3 is 6.09 Å². The van der Waals surface area contributed by atoms with Gasteiger partial charge < -0.3 is 10.1 Å². The molecule has 2 aromatic carbocycles. The van der Waals surface area contributed by atoms with Crippen LogP contribution in [-0.4, -0.2) is 24.2 Å². The molecule has 1 aromatic heterocycles. The normalized spacial score (nSPS) is 12.6. The second-order valence-electron chi connectivity index (χ2n) is 6.64. The van der Waals surface area contributed by atoms with Crippen molar-refractivity contribution in [1.29, 1.82) is 0 Å². The zero-order chi connectivity index (χ0) is 20.2. The molecule has 1 aliphatic rings. The summed E-state index contributed by atoms with van der Waals surface area (Å²) in [6, 6.07) is 18.0. The summed E-state index contributed by atoms with van der Waals surface area (Å²) in [6.07, 6.45) is 4.09. The van der Waals surface area contributed by atoms with Crippen molar-refractivity contribution >= 4 is 28.1 Å². The van der Waals surface area contributed by atoms with Gasteiger partial charge in [0.05, 0.1) is 0 Å². The molecule has 3 aromatic rings. The molecule has 146 valence electrons. The van der Waals surface area contributed by atoms with Crippen LogP contribution in [0.15, 0.2) is 71.3 Å². The van der Waals surface area contributed by atoms with E-state index in [-0.39, 0.29) is 19.1 Å². The van der Waals surface area contributed by atoms with Gasteiger partial charge in [0.2, 0.25) is 5.95 Å². The van der Waals surface area contributed by atoms with E-state index in [1.54, 1.807) is 18.2 Å². The highest BCUT2D eigenvalue weighted by Gasteiger charge is 2.28. The van der Waals surface area contributed by atoms with Crippen molar-refractivity contribution in [3.63, 3.8) is 0 Å². The summed E-state index contributed by atoms with van der Waals surface area (Å²) in [6.45, 7) is 0.483. The number of nitrogens with one attached hydrogen (secondary N) is 1. The van der Waals surface area contributed by atoms with E-state index in [9.17, 15) is 9.18 Å². The Labute approximate surface area is 176 Å². The highest BCUT2D eigenvalue weighted by molar-refractivity contribution is 9.10. The number of ether oxygens (including phenoxy) is 1. The predicted molar refractivity (Wildman–Crippen MR) is 114 cm³/mol. The molecule has 0 atom stereocenters. The number of amides is 1. The molecule has 0 fully saturated rings. The van der Waals surface area contributed by atoms with Gasteiger partial charge in [-0.05, 0) is 44.3 Å². The van der Waals surface area contributed by atoms with E-state index in [1.807, 2.05) is 24.3 Å². The van der Waals surface area contributed by atoms with Crippen LogP contribution in [0.4, 0.5) is 9.18 Å². The van der Waals surface area contributed by atoms with Crippen LogP contribution < -0.4 is 5.32 Å². The first-order valence-corrected chi connectivity index (χ1v) is 9.99. The molecular weight excluding hydrogens is 435 g/mol. The Morgan fingerprint density at radius 1 is 1.14 bits per heavy atom. The summed E-state index contributed by atoms with van der Waals surface area (Å²) >= 11 is 3.25. The Morgan fingerprint density at radius 3 is 2.48 bits per heavy atom. The Morgan fingerprint density at radius 2 is 1.79 bits per heavy atom. The maximum Gasteiger partial charge on any atom is 0.407 e. The lowest BCUT2D eigenvalue weighted by Gasteiger charge is -2.14. The zero-order valence-electron chi connectivity index (χ0n) is 15.4. The molecular formula is C23H18BrFN2O2. The number of fused-ring (bicyclic) bond motifs is 3. The van der Waals surface area contributed by atoms with Gasteiger partial charge in [0.25, 0.3) is 0 Å². The van der Waals surface area contributed by atoms with E-state index in [0.717, 1.165) is 0 Å². The van der Waals surface area contributed by atoms with Crippen LogP contribution in [0.25, 0.3) is 17.2 Å². The number of pyridine rings is 1. The lowest BCUT2D eigenvalue weighted by Crippen LogP contribution is -2.26. The van der Waals surface area contributed by atoms with Crippen LogP contribution in [-0.2, 0) is 4.74 Å². The summed E-state index contributed by atoms with van der Waals surface area (Å²) < 4.78 is 19.7. The SMILES string of the molecule is O=C(NCC=Cc1cc(Br)cnc1F)OCC1c2ccccc2-c2ccccc21. The van der Waals surface area contributed by atoms with Crippen LogP contribution in [0.2, 0.25) is 0 Å². The number of hydrogen-bond donors (Lipinski definition) is 1. The molecule has 4 rings (SSSR count). The minimum atomic E-state index is -0.564. The summed E-state index contributed by atoms with van der Waals surface area (Å²) in [7, 11) is 0. The number of carbonyl (C=O) groups excluding carboxylic acids is 1. The predicted octanol–water partition coefficient (Wildman–Crippen LogP) is 5.54. The van der Waals surface area contributed by atoms with Crippen molar-refractivity contribution in [2.24, 2.45) is 0 Å². The first kappa shape index (κ1) is 19.3. The molecule has 0 bridgehead atoms. The standard InChI is InChI=1S/C23H18BrFN2O2/c24-16-12-15(22(25)27-13-16)6-5-11-26-23(28)29-14-21-19-9-3-1-7-17(19)18-8-2-4-10-20(18)21/h1-10,12-13,21H,11,14H2,(H,26,28). The molecule has 0 saturated carbocycles. The fraction of sp³-hybridized carbons (Fsp3) is 0.130. The van der Waals surface area contributed by atoms with Gasteiger partial charge in [-0.15, -0.1) is 0 Å². The van der Waals surface area contributed by atoms with E-state index < -0.39 is 12.0 Å². The fourth-order valence-electron chi connectivity index (χ4n) is 3.53. The lowest BCUT2D eigenvalue weighted by molar-refractivity contribution is 0.144. The number of alkyl carbamates (subject to hydrolysis) is 1. The monoisotopic (exact) mass is 452 g/mol. The van der Waals surface area contributed by atoms with Gasteiger partial charge in [0.1, 0.15) is 6.61 Å². The molecule has 0 saturated heterocycles. The number of nitrogens with zero attached hydrogens (tertiary/aromatic N) is 1. The molecule has 1 aliphatic carbocycles. The molecule has 1 heterocycles. The third-order valence-electron chi connectivity index (χ3n) is 4.84. The molecule has 4 nitrogen and oxygen atoms in total. The molecule has 0 spiro atoms. The summed E-state index contributed by atoms with van der Waals surface area (Å²) in [5.41, 5.74) is 5.04. The van der Waals surface area contributed by atoms with Crippen LogP contribution in [0, 0.1) is 5.95 Å². The summed E-state index contributed by atoms with van der Waals surface area (Å²) in [5, 5.41) is 2.66. The van der Waals surface area contributed by atoms with Gasteiger partial charge in [-0.25, -0.2) is 9.78 Å². The van der Waals surface area contributed by atoms with E-state index in [4.69, 9.17) is 4.74 Å². The lowest BCUT2D eigenvalue weighted by atomic mass is 9.98. The minimum Gasteiger partial charge on any atom is -0.449 e. The van der Waals surface area contributed by atoms with Crippen LogP contribution in [0.1, 0.15) is 22.6 Å². The average molecular weight is 453 g/mol. The third kappa shape index (κ3) is 4.22. The van der Waals surface area contributed by atoms with Gasteiger partial charge in [0.15, 0.2) is 0 Å². The number of carbonyl (C=O) groups is 1. The van der Waals surface area contributed by atoms with Crippen LogP contribution in [0.5, 0.6) is 0 Å². The van der Waals surface area contributed by atoms with Crippen molar-refractivity contribution in [2.75, 3.05) is 13.2 Å². The van der Waals surface area contributed by atoms with E-state index in [1.165, 1.54) is 28.5 Å². The minimum absolute atomic E-state index is 0.0190. The molecule has 0 aliphatic heterocycles. The zero-order valence-corrected chi connectivity index (χ0v) is 17.0. The molecule has 0 unspecified atom stereocenters. The maximum atomic E-state index is 13.6. The smallest absolute Gasteiger partial charge is 0.407 e. The van der Waals surface area contributed by atoms with Crippen molar-refractivity contribution in [2.45, 2.75) is 5.92 Å². The second-order valence-corrected chi connectivity index (χ2v) is 7.56. The van der Waals surface area contributed by atoms with Crippen molar-refractivity contribution in [1.82, 2.24) is 10.3 Å². The topological polar surface area (TPSA) is 51.2 Å². The molecule has 29 heavy (non-hydrogen) atoms. The van der Waals surface area contributed by atoms with Crippen molar-refractivity contribution in [3.8, 4) is 11.1 Å². The van der Waals surface area contributed by atoms with Crippen LogP contribution in [0.3, 0.4) is 0 Å².